The Balaban J connectivity index is 1.84. The SMILES string of the molecule is Cc1ccnc(NC(c2cc[nH+]cc2)c2ccc3cccnc3c2O)c1. The van der Waals surface area contributed by atoms with Crippen molar-refractivity contribution < 1.29 is 10.1 Å². The highest BCUT2D eigenvalue weighted by molar-refractivity contribution is 5.85. The van der Waals surface area contributed by atoms with E-state index in [2.05, 4.69) is 20.3 Å². The number of aromatic nitrogens is 3. The van der Waals surface area contributed by atoms with Gasteiger partial charge in [0.15, 0.2) is 12.4 Å². The minimum absolute atomic E-state index is 0.182. The Morgan fingerprint density at radius 1 is 1.00 bits per heavy atom. The molecule has 0 fully saturated rings. The van der Waals surface area contributed by atoms with Crippen molar-refractivity contribution >= 4 is 16.7 Å². The van der Waals surface area contributed by atoms with E-state index in [4.69, 9.17) is 0 Å². The summed E-state index contributed by atoms with van der Waals surface area (Å²) in [6, 6.07) is 15.4. The molecule has 26 heavy (non-hydrogen) atoms. The van der Waals surface area contributed by atoms with E-state index >= 15 is 0 Å². The first kappa shape index (κ1) is 16.0. The van der Waals surface area contributed by atoms with Crippen LogP contribution in [0.25, 0.3) is 10.9 Å². The molecule has 0 spiro atoms. The van der Waals surface area contributed by atoms with Crippen LogP contribution >= 0.6 is 0 Å². The first-order chi connectivity index (χ1) is 12.7. The van der Waals surface area contributed by atoms with Crippen molar-refractivity contribution in [3.05, 3.63) is 90.0 Å². The second-order valence-corrected chi connectivity index (χ2v) is 6.21. The van der Waals surface area contributed by atoms with E-state index in [0.717, 1.165) is 27.9 Å². The number of hydrogen-bond acceptors (Lipinski definition) is 4. The summed E-state index contributed by atoms with van der Waals surface area (Å²) in [6.07, 6.45) is 7.19. The molecular formula is C21H19N4O+. The van der Waals surface area contributed by atoms with Gasteiger partial charge in [0.2, 0.25) is 0 Å². The molecule has 4 rings (SSSR count). The number of aromatic amines is 1. The number of pyridine rings is 3. The van der Waals surface area contributed by atoms with Crippen LogP contribution < -0.4 is 10.3 Å². The summed E-state index contributed by atoms with van der Waals surface area (Å²) >= 11 is 0. The standard InChI is InChI=1S/C21H18N4O/c1-14-6-12-23-18(13-14)25-19(16-7-10-22-11-8-16)17-5-4-15-3-2-9-24-20(15)21(17)26/h2-13,19,26H,1H3,(H,23,25)/p+1. The number of benzene rings is 1. The molecule has 3 aromatic heterocycles. The highest BCUT2D eigenvalue weighted by atomic mass is 16.3. The van der Waals surface area contributed by atoms with Crippen LogP contribution in [0, 0.1) is 6.92 Å². The van der Waals surface area contributed by atoms with Crippen LogP contribution in [-0.4, -0.2) is 15.1 Å². The first-order valence-electron chi connectivity index (χ1n) is 8.44. The summed E-state index contributed by atoms with van der Waals surface area (Å²) in [4.78, 5) is 11.8. The number of phenolic OH excluding ortho intramolecular Hbond substituents is 1. The van der Waals surface area contributed by atoms with Gasteiger partial charge in [-0.2, -0.15) is 0 Å². The van der Waals surface area contributed by atoms with Gasteiger partial charge in [0, 0.05) is 35.5 Å². The van der Waals surface area contributed by atoms with Gasteiger partial charge in [-0.25, -0.2) is 9.97 Å². The van der Waals surface area contributed by atoms with Crippen LogP contribution in [0.4, 0.5) is 5.82 Å². The molecule has 3 N–H and O–H groups in total. The molecule has 0 amide bonds. The largest absolute Gasteiger partial charge is 0.505 e. The molecule has 0 bridgehead atoms. The molecule has 0 saturated heterocycles. The third-order valence-electron chi connectivity index (χ3n) is 4.38. The minimum Gasteiger partial charge on any atom is -0.505 e. The number of aryl methyl sites for hydroxylation is 1. The van der Waals surface area contributed by atoms with E-state index in [1.165, 1.54) is 0 Å². The van der Waals surface area contributed by atoms with E-state index in [9.17, 15) is 5.11 Å². The molecule has 3 heterocycles. The Labute approximate surface area is 151 Å². The molecule has 0 aliphatic rings. The Bertz CT molecular complexity index is 1050. The predicted octanol–water partition coefficient (Wildman–Crippen LogP) is 3.66. The Morgan fingerprint density at radius 2 is 1.85 bits per heavy atom. The van der Waals surface area contributed by atoms with Gasteiger partial charge in [-0.05, 0) is 36.2 Å². The van der Waals surface area contributed by atoms with Crippen LogP contribution in [0.5, 0.6) is 5.75 Å². The summed E-state index contributed by atoms with van der Waals surface area (Å²) in [6.45, 7) is 2.02. The third kappa shape index (κ3) is 3.07. The maximum Gasteiger partial charge on any atom is 0.167 e. The summed E-state index contributed by atoms with van der Waals surface area (Å²) in [5.74, 6) is 0.935. The lowest BCUT2D eigenvalue weighted by Crippen LogP contribution is -2.15. The van der Waals surface area contributed by atoms with Crippen molar-refractivity contribution in [2.24, 2.45) is 0 Å². The fraction of sp³-hybridized carbons (Fsp3) is 0.0952. The topological polar surface area (TPSA) is 72.2 Å². The van der Waals surface area contributed by atoms with Crippen LogP contribution in [0.15, 0.2) is 73.3 Å². The molecule has 5 heteroatoms. The summed E-state index contributed by atoms with van der Waals surface area (Å²) < 4.78 is 0. The highest BCUT2D eigenvalue weighted by Crippen LogP contribution is 2.35. The lowest BCUT2D eigenvalue weighted by molar-refractivity contribution is -0.378. The molecule has 0 aliphatic heterocycles. The molecule has 0 saturated carbocycles. The Morgan fingerprint density at radius 3 is 2.65 bits per heavy atom. The monoisotopic (exact) mass is 343 g/mol. The second-order valence-electron chi connectivity index (χ2n) is 6.21. The van der Waals surface area contributed by atoms with Gasteiger partial charge in [-0.1, -0.05) is 18.2 Å². The van der Waals surface area contributed by atoms with E-state index < -0.39 is 0 Å². The molecule has 0 radical (unpaired) electrons. The molecule has 1 atom stereocenters. The first-order valence-corrected chi connectivity index (χ1v) is 8.44. The van der Waals surface area contributed by atoms with E-state index in [1.54, 1.807) is 12.4 Å². The number of anilines is 1. The molecule has 1 aromatic carbocycles. The van der Waals surface area contributed by atoms with E-state index in [0.29, 0.717) is 5.52 Å². The number of aromatic hydroxyl groups is 1. The average Bonchev–Trinajstić information content (AvgIpc) is 2.68. The van der Waals surface area contributed by atoms with E-state index in [1.807, 2.05) is 67.8 Å². The summed E-state index contributed by atoms with van der Waals surface area (Å²) in [5.41, 5.74) is 3.48. The molecule has 0 aliphatic carbocycles. The van der Waals surface area contributed by atoms with Gasteiger partial charge < -0.3 is 10.4 Å². The van der Waals surface area contributed by atoms with Crippen molar-refractivity contribution in [1.29, 1.82) is 0 Å². The summed E-state index contributed by atoms with van der Waals surface area (Å²) in [5, 5.41) is 15.2. The minimum atomic E-state index is -0.259. The van der Waals surface area contributed by atoms with Crippen molar-refractivity contribution in [3.63, 3.8) is 0 Å². The molecule has 1 unspecified atom stereocenters. The van der Waals surface area contributed by atoms with Crippen molar-refractivity contribution in [1.82, 2.24) is 9.97 Å². The van der Waals surface area contributed by atoms with Gasteiger partial charge in [0.05, 0.1) is 6.04 Å². The molecular weight excluding hydrogens is 324 g/mol. The van der Waals surface area contributed by atoms with Gasteiger partial charge in [-0.15, -0.1) is 0 Å². The maximum atomic E-state index is 10.9. The van der Waals surface area contributed by atoms with Gasteiger partial charge >= 0.3 is 0 Å². The zero-order valence-electron chi connectivity index (χ0n) is 14.3. The molecule has 5 nitrogen and oxygen atoms in total. The number of nitrogens with zero attached hydrogens (tertiary/aromatic N) is 2. The van der Waals surface area contributed by atoms with Crippen LogP contribution in [0.1, 0.15) is 22.7 Å². The number of phenols is 1. The number of hydrogen-bond donors (Lipinski definition) is 2. The van der Waals surface area contributed by atoms with Crippen LogP contribution in [0.2, 0.25) is 0 Å². The predicted molar refractivity (Wildman–Crippen MR) is 101 cm³/mol. The second kappa shape index (κ2) is 6.80. The fourth-order valence-electron chi connectivity index (χ4n) is 3.07. The Kier molecular flexibility index (Phi) is 4.19. The number of H-pyrrole nitrogens is 1. The highest BCUT2D eigenvalue weighted by Gasteiger charge is 2.20. The van der Waals surface area contributed by atoms with Crippen molar-refractivity contribution in [3.8, 4) is 5.75 Å². The zero-order valence-corrected chi connectivity index (χ0v) is 14.3. The van der Waals surface area contributed by atoms with Crippen LogP contribution in [-0.2, 0) is 0 Å². The third-order valence-corrected chi connectivity index (χ3v) is 4.38. The van der Waals surface area contributed by atoms with Crippen molar-refractivity contribution in [2.45, 2.75) is 13.0 Å². The lowest BCUT2D eigenvalue weighted by atomic mass is 9.97. The molecule has 4 aromatic rings. The maximum absolute atomic E-state index is 10.9. The van der Waals surface area contributed by atoms with Gasteiger partial charge in [0.25, 0.3) is 0 Å². The lowest BCUT2D eigenvalue weighted by Gasteiger charge is -2.21. The average molecular weight is 343 g/mol. The van der Waals surface area contributed by atoms with Gasteiger partial charge in [-0.3, -0.25) is 4.98 Å². The quantitative estimate of drug-likeness (QED) is 0.593. The fourth-order valence-corrected chi connectivity index (χ4v) is 3.07. The molecule has 128 valence electrons. The van der Waals surface area contributed by atoms with E-state index in [-0.39, 0.29) is 11.8 Å². The van der Waals surface area contributed by atoms with Crippen molar-refractivity contribution in [2.75, 3.05) is 5.32 Å². The number of rotatable bonds is 4. The number of fused-ring (bicyclic) bond motifs is 1. The number of nitrogens with one attached hydrogen (secondary N) is 2. The normalized spacial score (nSPS) is 12.0. The smallest absolute Gasteiger partial charge is 0.167 e. The van der Waals surface area contributed by atoms with Gasteiger partial charge in [0.1, 0.15) is 17.1 Å². The van der Waals surface area contributed by atoms with Crippen LogP contribution in [0.3, 0.4) is 0 Å². The zero-order chi connectivity index (χ0) is 17.9. The Hall–Kier alpha value is -3.47. The summed E-state index contributed by atoms with van der Waals surface area (Å²) in [7, 11) is 0.